The molecule has 3 heteroatoms. The van der Waals surface area contributed by atoms with E-state index in [1.54, 1.807) is 6.07 Å². The fraction of sp³-hybridized carbons (Fsp3) is 0.0588. The number of aromatic hydroxyl groups is 2. The summed E-state index contributed by atoms with van der Waals surface area (Å²) in [6.45, 7) is 1.97. The van der Waals surface area contributed by atoms with Gasteiger partial charge in [-0.3, -0.25) is 0 Å². The van der Waals surface area contributed by atoms with Crippen LogP contribution in [0.1, 0.15) is 12.5 Å². The van der Waals surface area contributed by atoms with Gasteiger partial charge in [0.25, 0.3) is 0 Å². The molecule has 1 aromatic heterocycles. The molecule has 0 aliphatic rings. The van der Waals surface area contributed by atoms with Crippen molar-refractivity contribution in [2.24, 2.45) is 0 Å². The summed E-state index contributed by atoms with van der Waals surface area (Å²) in [5.41, 5.74) is 2.43. The second kappa shape index (κ2) is 4.78. The monoisotopic (exact) mass is 266 g/mol. The first kappa shape index (κ1) is 12.4. The van der Waals surface area contributed by atoms with Crippen LogP contribution >= 0.6 is 0 Å². The van der Waals surface area contributed by atoms with Gasteiger partial charge >= 0.3 is 0 Å². The van der Waals surface area contributed by atoms with Gasteiger partial charge in [0.05, 0.1) is 5.56 Å². The van der Waals surface area contributed by atoms with E-state index in [2.05, 4.69) is 0 Å². The fourth-order valence-electron chi connectivity index (χ4n) is 2.22. The van der Waals surface area contributed by atoms with E-state index < -0.39 is 0 Å². The molecule has 2 N–H and O–H groups in total. The molecule has 0 radical (unpaired) electrons. The van der Waals surface area contributed by atoms with Crippen molar-refractivity contribution in [2.45, 2.75) is 6.92 Å². The Morgan fingerprint density at radius 3 is 2.60 bits per heavy atom. The molecule has 0 aliphatic heterocycles. The number of fused-ring (bicyclic) bond motifs is 1. The normalized spacial score (nSPS) is 11.4. The Kier molecular flexibility index (Phi) is 2.95. The number of hydrogen-bond donors (Lipinski definition) is 2. The van der Waals surface area contributed by atoms with Crippen molar-refractivity contribution in [3.05, 3.63) is 54.1 Å². The van der Waals surface area contributed by atoms with Crippen LogP contribution in [-0.2, 0) is 0 Å². The smallest absolute Gasteiger partial charge is 0.139 e. The Labute approximate surface area is 116 Å². The lowest BCUT2D eigenvalue weighted by molar-refractivity contribution is 0.450. The Bertz CT molecular complexity index is 797. The molecule has 1 heterocycles. The zero-order valence-corrected chi connectivity index (χ0v) is 11.0. The van der Waals surface area contributed by atoms with Gasteiger partial charge in [-0.05, 0) is 42.8 Å². The van der Waals surface area contributed by atoms with E-state index in [-0.39, 0.29) is 11.5 Å². The van der Waals surface area contributed by atoms with Crippen molar-refractivity contribution in [1.29, 1.82) is 0 Å². The summed E-state index contributed by atoms with van der Waals surface area (Å²) in [5, 5.41) is 20.2. The summed E-state index contributed by atoms with van der Waals surface area (Å²) < 4.78 is 5.74. The standard InChI is InChI=1S/C17H14O3/c1-2-3-11-4-7-16-12(8-11)9-17(20-16)14-6-5-13(18)10-15(14)19/h2-10,18-19H,1H3. The lowest BCUT2D eigenvalue weighted by atomic mass is 10.1. The first-order chi connectivity index (χ1) is 9.67. The second-order valence-electron chi connectivity index (χ2n) is 4.61. The van der Waals surface area contributed by atoms with E-state index in [0.29, 0.717) is 11.3 Å². The Balaban J connectivity index is 2.12. The highest BCUT2D eigenvalue weighted by atomic mass is 16.3. The minimum absolute atomic E-state index is 0.00210. The highest BCUT2D eigenvalue weighted by molar-refractivity contribution is 5.86. The van der Waals surface area contributed by atoms with Crippen molar-refractivity contribution in [1.82, 2.24) is 0 Å². The third-order valence-corrected chi connectivity index (χ3v) is 3.15. The molecule has 100 valence electrons. The minimum Gasteiger partial charge on any atom is -0.508 e. The van der Waals surface area contributed by atoms with Gasteiger partial charge in [-0.15, -0.1) is 0 Å². The summed E-state index contributed by atoms with van der Waals surface area (Å²) in [6.07, 6.45) is 4.00. The topological polar surface area (TPSA) is 53.6 Å². The number of phenols is 2. The van der Waals surface area contributed by atoms with E-state index in [0.717, 1.165) is 16.5 Å². The molecule has 2 aromatic carbocycles. The van der Waals surface area contributed by atoms with Crippen LogP contribution in [-0.4, -0.2) is 10.2 Å². The quantitative estimate of drug-likeness (QED) is 0.715. The van der Waals surface area contributed by atoms with Gasteiger partial charge in [-0.1, -0.05) is 18.2 Å². The van der Waals surface area contributed by atoms with Gasteiger partial charge in [0, 0.05) is 11.5 Å². The lowest BCUT2D eigenvalue weighted by Crippen LogP contribution is -1.75. The zero-order valence-electron chi connectivity index (χ0n) is 11.0. The molecule has 20 heavy (non-hydrogen) atoms. The van der Waals surface area contributed by atoms with Gasteiger partial charge in [0.15, 0.2) is 0 Å². The number of furan rings is 1. The maximum absolute atomic E-state index is 9.88. The Hall–Kier alpha value is -2.68. The van der Waals surface area contributed by atoms with Crippen LogP contribution in [0.5, 0.6) is 11.5 Å². The number of benzene rings is 2. The summed E-state index contributed by atoms with van der Waals surface area (Å²) in [5.74, 6) is 0.602. The molecule has 0 saturated carbocycles. The molecule has 0 spiro atoms. The van der Waals surface area contributed by atoms with Crippen LogP contribution in [0.4, 0.5) is 0 Å². The van der Waals surface area contributed by atoms with Crippen LogP contribution in [0.3, 0.4) is 0 Å². The van der Waals surface area contributed by atoms with E-state index >= 15 is 0 Å². The zero-order chi connectivity index (χ0) is 14.1. The molecule has 0 fully saturated rings. The molecule has 0 aliphatic carbocycles. The molecule has 0 bridgehead atoms. The van der Waals surface area contributed by atoms with Gasteiger partial charge in [-0.25, -0.2) is 0 Å². The van der Waals surface area contributed by atoms with Crippen LogP contribution in [0, 0.1) is 0 Å². The SMILES string of the molecule is CC=Cc1ccc2oc(-c3ccc(O)cc3O)cc2c1. The Morgan fingerprint density at radius 1 is 1.00 bits per heavy atom. The molecule has 0 saturated heterocycles. The summed E-state index contributed by atoms with van der Waals surface area (Å²) in [7, 11) is 0. The van der Waals surface area contributed by atoms with E-state index in [1.807, 2.05) is 43.3 Å². The minimum atomic E-state index is -0.00210. The highest BCUT2D eigenvalue weighted by Crippen LogP contribution is 2.35. The van der Waals surface area contributed by atoms with Crippen molar-refractivity contribution in [3.8, 4) is 22.8 Å². The predicted molar refractivity (Wildman–Crippen MR) is 79.7 cm³/mol. The highest BCUT2D eigenvalue weighted by Gasteiger charge is 2.11. The molecule has 0 atom stereocenters. The molecule has 3 nitrogen and oxygen atoms in total. The summed E-state index contributed by atoms with van der Waals surface area (Å²) in [6, 6.07) is 12.3. The second-order valence-corrected chi connectivity index (χ2v) is 4.61. The molecular formula is C17H14O3. The van der Waals surface area contributed by atoms with E-state index in [9.17, 15) is 10.2 Å². The number of phenolic OH excluding ortho intramolecular Hbond substituents is 2. The van der Waals surface area contributed by atoms with E-state index in [1.165, 1.54) is 12.1 Å². The third kappa shape index (κ3) is 2.14. The van der Waals surface area contributed by atoms with Crippen LogP contribution in [0.2, 0.25) is 0 Å². The summed E-state index contributed by atoms with van der Waals surface area (Å²) >= 11 is 0. The maximum Gasteiger partial charge on any atom is 0.139 e. The molecule has 0 amide bonds. The maximum atomic E-state index is 9.88. The fourth-order valence-corrected chi connectivity index (χ4v) is 2.22. The average Bonchev–Trinajstić information content (AvgIpc) is 2.81. The van der Waals surface area contributed by atoms with Crippen molar-refractivity contribution >= 4 is 17.0 Å². The van der Waals surface area contributed by atoms with Crippen molar-refractivity contribution < 1.29 is 14.6 Å². The molecule has 0 unspecified atom stereocenters. The molecule has 3 aromatic rings. The van der Waals surface area contributed by atoms with Gasteiger partial charge in [0.1, 0.15) is 22.8 Å². The van der Waals surface area contributed by atoms with Crippen molar-refractivity contribution in [2.75, 3.05) is 0 Å². The van der Waals surface area contributed by atoms with Gasteiger partial charge in [0.2, 0.25) is 0 Å². The van der Waals surface area contributed by atoms with Crippen LogP contribution in [0.15, 0.2) is 53.0 Å². The average molecular weight is 266 g/mol. The van der Waals surface area contributed by atoms with Gasteiger partial charge in [-0.2, -0.15) is 0 Å². The number of hydrogen-bond acceptors (Lipinski definition) is 3. The first-order valence-corrected chi connectivity index (χ1v) is 6.36. The largest absolute Gasteiger partial charge is 0.508 e. The number of rotatable bonds is 2. The lowest BCUT2D eigenvalue weighted by Gasteiger charge is -2.00. The predicted octanol–water partition coefficient (Wildman–Crippen LogP) is 4.54. The molecular weight excluding hydrogens is 252 g/mol. The van der Waals surface area contributed by atoms with Gasteiger partial charge < -0.3 is 14.6 Å². The van der Waals surface area contributed by atoms with Crippen LogP contribution in [0.25, 0.3) is 28.4 Å². The summed E-state index contributed by atoms with van der Waals surface area (Å²) in [4.78, 5) is 0. The first-order valence-electron chi connectivity index (χ1n) is 6.36. The van der Waals surface area contributed by atoms with Crippen LogP contribution < -0.4 is 0 Å². The van der Waals surface area contributed by atoms with E-state index in [4.69, 9.17) is 4.42 Å². The Morgan fingerprint density at radius 2 is 1.85 bits per heavy atom. The molecule has 3 rings (SSSR count). The number of allylic oxidation sites excluding steroid dienone is 1. The van der Waals surface area contributed by atoms with Crippen molar-refractivity contribution in [3.63, 3.8) is 0 Å². The third-order valence-electron chi connectivity index (χ3n) is 3.15.